The third-order valence-electron chi connectivity index (χ3n) is 28.1. The summed E-state index contributed by atoms with van der Waals surface area (Å²) in [5.74, 6) is -1.04. The summed E-state index contributed by atoms with van der Waals surface area (Å²) in [4.78, 5) is 118. The number of imidazole rings is 1. The lowest BCUT2D eigenvalue weighted by Gasteiger charge is -2.39. The minimum Gasteiger partial charge on any atom is -0.490 e. The van der Waals surface area contributed by atoms with Crippen LogP contribution >= 0.6 is 13.4 Å². The molecule has 0 saturated carbocycles. The predicted molar refractivity (Wildman–Crippen MR) is 591 cm³/mol. The number of aliphatic hydroxyl groups excluding tert-OH is 1. The molecule has 34 nitrogen and oxygen atoms in total. The van der Waals surface area contributed by atoms with Gasteiger partial charge in [-0.25, -0.2) is 36.5 Å². The lowest BCUT2D eigenvalue weighted by atomic mass is 10.0. The highest BCUT2D eigenvalue weighted by molar-refractivity contribution is 8.07. The number of benzene rings is 1. The number of hydrogen-bond donors (Lipinski definition) is 5. The minimum absolute atomic E-state index is 0.0244. The summed E-state index contributed by atoms with van der Waals surface area (Å²) in [6.07, 6.45) is 44.9. The fourth-order valence-corrected chi connectivity index (χ4v) is 23.8. The van der Waals surface area contributed by atoms with E-state index in [9.17, 15) is 38.7 Å². The van der Waals surface area contributed by atoms with Gasteiger partial charge >= 0.3 is 30.8 Å². The molecule has 5 aromatic rings. The summed E-state index contributed by atoms with van der Waals surface area (Å²) in [5.41, 5.74) is -3.42. The smallest absolute Gasteiger partial charge is 0.351 e. The maximum absolute atomic E-state index is 17.8. The van der Waals surface area contributed by atoms with Crippen molar-refractivity contribution < 1.29 is 93.0 Å². The number of nitrogens with one attached hydrogen (secondary N) is 4. The van der Waals surface area contributed by atoms with Gasteiger partial charge in [-0.2, -0.15) is 9.97 Å². The van der Waals surface area contributed by atoms with Crippen LogP contribution in [0.2, 0.25) is 18.1 Å². The van der Waals surface area contributed by atoms with Crippen LogP contribution in [0.3, 0.4) is 0 Å². The van der Waals surface area contributed by atoms with Crippen molar-refractivity contribution in [3.63, 3.8) is 0 Å². The van der Waals surface area contributed by atoms with E-state index in [1.807, 2.05) is 46.0 Å². The Labute approximate surface area is 900 Å². The monoisotopic (exact) mass is 2200 g/mol. The first-order chi connectivity index (χ1) is 72.4. The van der Waals surface area contributed by atoms with Crippen LogP contribution in [-0.4, -0.2) is 185 Å². The average Bonchev–Trinajstić information content (AvgIpc) is 1.60. The van der Waals surface area contributed by atoms with Gasteiger partial charge < -0.3 is 75.8 Å². The number of esters is 1. The Morgan fingerprint density at radius 3 is 1.41 bits per heavy atom. The summed E-state index contributed by atoms with van der Waals surface area (Å²) in [5, 5.41) is 15.5. The fourth-order valence-electron chi connectivity index (χ4n) is 18.3. The Morgan fingerprint density at radius 1 is 0.547 bits per heavy atom. The molecule has 3 aliphatic heterocycles. The molecule has 0 aliphatic carbocycles. The van der Waals surface area contributed by atoms with Gasteiger partial charge in [-0.3, -0.25) is 62.0 Å². The molecule has 3 fully saturated rings. The number of carbonyl (C=O) groups is 3. The van der Waals surface area contributed by atoms with E-state index < -0.39 is 169 Å². The summed E-state index contributed by atoms with van der Waals surface area (Å²) in [6, 6.07) is 6.11. The van der Waals surface area contributed by atoms with E-state index in [-0.39, 0.29) is 66.9 Å². The van der Waals surface area contributed by atoms with Crippen molar-refractivity contribution >= 4 is 86.1 Å². The van der Waals surface area contributed by atoms with Crippen LogP contribution in [-0.2, 0) is 95.1 Å². The van der Waals surface area contributed by atoms with E-state index in [0.29, 0.717) is 42.6 Å². The Morgan fingerprint density at radius 2 is 0.973 bits per heavy atom. The molecule has 1 aromatic carbocycles. The number of H-pyrrole nitrogens is 2. The van der Waals surface area contributed by atoms with Crippen LogP contribution in [0.15, 0.2) is 62.2 Å². The number of aromatic amines is 2. The Balaban J connectivity index is 0.930. The third kappa shape index (κ3) is 46.0. The highest BCUT2D eigenvalue weighted by atomic mass is 32.5. The van der Waals surface area contributed by atoms with Crippen molar-refractivity contribution in [3.05, 3.63) is 113 Å². The first kappa shape index (κ1) is 128. The summed E-state index contributed by atoms with van der Waals surface area (Å²) >= 11 is 12.0. The van der Waals surface area contributed by atoms with Crippen LogP contribution in [0.4, 0.5) is 20.5 Å². The number of fused-ring (bicyclic) bond motifs is 1. The van der Waals surface area contributed by atoms with Crippen molar-refractivity contribution in [2.45, 2.75) is 475 Å². The first-order valence-corrected chi connectivity index (χ1v) is 64.4. The van der Waals surface area contributed by atoms with Gasteiger partial charge in [0.15, 0.2) is 55.8 Å². The molecule has 13 atom stereocenters. The van der Waals surface area contributed by atoms with Gasteiger partial charge in [0.25, 0.3) is 11.1 Å². The molecule has 5 N–H and O–H groups in total. The molecule has 3 aliphatic rings. The summed E-state index contributed by atoms with van der Waals surface area (Å²) < 4.78 is 127. The number of nitrogens with zero attached hydrogens (tertiary/aromatic N) is 8. The number of halogens is 2. The molecule has 150 heavy (non-hydrogen) atoms. The van der Waals surface area contributed by atoms with Crippen molar-refractivity contribution in [1.82, 2.24) is 38.6 Å². The van der Waals surface area contributed by atoms with Gasteiger partial charge in [0, 0.05) is 37.2 Å². The molecular formula is C109H178F2N12O22P2S2Si. The zero-order valence-corrected chi connectivity index (χ0v) is 95.8. The molecule has 7 heterocycles. The summed E-state index contributed by atoms with van der Waals surface area (Å²) in [7, 11) is -2.76. The van der Waals surface area contributed by atoms with Gasteiger partial charge in [0.2, 0.25) is 36.6 Å². The number of alkyl halides is 2. The lowest BCUT2D eigenvalue weighted by molar-refractivity contribution is -0.146. The number of carbonyl (C=O) groups excluding carboxylic acids is 3. The highest BCUT2D eigenvalue weighted by Crippen LogP contribution is 2.58. The summed E-state index contributed by atoms with van der Waals surface area (Å²) in [6.45, 7) is 23.8. The van der Waals surface area contributed by atoms with Crippen molar-refractivity contribution in [2.75, 3.05) is 76.6 Å². The Bertz CT molecular complexity index is 5120. The molecular weight excluding hydrogens is 2020 g/mol. The zero-order valence-electron chi connectivity index (χ0n) is 91.4. The van der Waals surface area contributed by atoms with E-state index in [1.54, 1.807) is 13.8 Å². The second-order valence-corrected chi connectivity index (χ2v) is 52.7. The van der Waals surface area contributed by atoms with Gasteiger partial charge in [0.1, 0.15) is 62.4 Å². The Kier molecular flexibility index (Phi) is 60.7. The number of rotatable bonds is 84. The SMILES string of the molecule is [C-]#[N+]CCOP(=S)(OC[C@H]1O[C@@H](n2ccc(NC(=O)CCC(=O)OCc3cc(OCCCCCCCCCCCCCCCCCC)c(OCCCCCCCCCCCCCCCCCC)c(OCCCCCCCCCCCCCCCCCC)c3)nc2=O)CC1O[Si](C)(C)C(C)(C)C)OC1[C@@H](COP(=S)(OCC[N+]#[C-])OC2[C@@H](CO)O[C@@H](n3cnc4c(=O)[nH]c(NC(=O)C(C)C)nc43)[C@H]2F)O[C@@H](n2ccc(=O)[nH]c2=O)[C@H]1F. The standard InChI is InChI=1S/C109H178F2N12O22P2S2Si/c1-13-16-19-22-25-28-31-34-37-40-43-46-49-52-55-58-69-132-85-74-83(75-86(133-70-59-56-53-50-47-44-41-38-35-32-29-26-23-20-17-14-2)98(85)134-71-60-57-54-51-48-45-42-39-36-33-30-27-24-21-18-15-3)78-135-94(127)62-61-91(125)115-90-63-67-121(107(130)116-90)93-76-84(145-150(11,12)109(6,7)8)88(140-93)79-138-146(148,136-72-65-112-9)144-100-89(142-104(96(100)111)122-68-64-92(126)117-108(122)131)80-139-147(149,137-73-66-113-10)143-99-87(77-124)141-105(95(99)110)123-81-114-97-101(123)118-106(120-103(97)129)119-102(128)82(4)5/h63-64,67-68,74-75,81-82,84,87-89,93,95-96,99-100,104-105,124H,13-62,65-66,69-73,76-80H2,1-8,11-12H3,(H,117,126,131)(H,115,116,125,130)(H2,118,119,120,128,129)/t84?,87-,88-,89-,93-,95+,96+,99?,100?,104-,105-,146?,147?/m1/s1. The molecule has 2 amide bonds. The number of hydrogen-bond acceptors (Lipinski definition) is 27. The number of unbranched alkanes of at least 4 members (excludes halogenated alkanes) is 45. The van der Waals surface area contributed by atoms with Gasteiger partial charge in [0.05, 0.1) is 58.5 Å². The molecule has 0 radical (unpaired) electrons. The quantitative estimate of drug-likeness (QED) is 0.00793. The topological polar surface area (TPSA) is 387 Å². The van der Waals surface area contributed by atoms with Crippen molar-refractivity contribution in [3.8, 4) is 17.2 Å². The highest BCUT2D eigenvalue weighted by Gasteiger charge is 2.54. The van der Waals surface area contributed by atoms with Crippen molar-refractivity contribution in [1.29, 1.82) is 0 Å². The zero-order chi connectivity index (χ0) is 108. The van der Waals surface area contributed by atoms with Crippen LogP contribution in [0, 0.1) is 19.1 Å². The lowest BCUT2D eigenvalue weighted by Crippen LogP contribution is -2.46. The van der Waals surface area contributed by atoms with Crippen LogP contribution in [0.25, 0.3) is 20.9 Å². The number of anilines is 2. The van der Waals surface area contributed by atoms with Gasteiger partial charge in [-0.1, -0.05) is 344 Å². The number of amides is 2. The minimum atomic E-state index is -4.48. The van der Waals surface area contributed by atoms with Crippen LogP contribution in [0.5, 0.6) is 17.2 Å². The third-order valence-corrected chi connectivity index (χ3v) is 37.4. The molecule has 8 rings (SSSR count). The number of ether oxygens (including phenoxy) is 7. The fraction of sp³-hybridized carbons (Fsp3) is 0.780. The largest absolute Gasteiger partial charge is 0.490 e. The van der Waals surface area contributed by atoms with E-state index in [4.69, 9.17) is 101 Å². The molecule has 41 heteroatoms. The average molecular weight is 2200 g/mol. The normalized spacial score (nSPS) is 19.7. The van der Waals surface area contributed by atoms with Crippen molar-refractivity contribution in [2.24, 2.45) is 5.92 Å². The van der Waals surface area contributed by atoms with E-state index in [0.717, 1.165) is 85.5 Å². The number of aromatic nitrogens is 8. The molecule has 0 spiro atoms. The van der Waals surface area contributed by atoms with E-state index >= 15 is 8.78 Å². The van der Waals surface area contributed by atoms with E-state index in [1.165, 1.54) is 267 Å². The predicted octanol–water partition coefficient (Wildman–Crippen LogP) is 25.2. The van der Waals surface area contributed by atoms with Gasteiger partial charge in [-0.05, 0) is 84.8 Å². The Hall–Kier alpha value is -7.14. The van der Waals surface area contributed by atoms with E-state index in [2.05, 4.69) is 66.0 Å². The number of aliphatic hydroxyl groups is 1. The second-order valence-electron chi connectivity index (χ2n) is 42.0. The second kappa shape index (κ2) is 71.2. The van der Waals surface area contributed by atoms with Gasteiger partial charge in [-0.15, -0.1) is 0 Å². The molecule has 3 saturated heterocycles. The van der Waals surface area contributed by atoms with Crippen LogP contribution in [0.1, 0.15) is 407 Å². The van der Waals surface area contributed by atoms with Crippen LogP contribution < -0.4 is 47.3 Å². The maximum Gasteiger partial charge on any atom is 0.351 e. The molecule has 846 valence electrons. The molecule has 4 aromatic heterocycles. The maximum atomic E-state index is 17.8. The first-order valence-electron chi connectivity index (χ1n) is 56.4. The molecule has 5 unspecified atom stereocenters. The molecule has 0 bridgehead atoms.